The lowest BCUT2D eigenvalue weighted by Gasteiger charge is -2.38. The van der Waals surface area contributed by atoms with Crippen molar-refractivity contribution in [3.05, 3.63) is 18.2 Å². The molecule has 1 aliphatic rings. The fourth-order valence-corrected chi connectivity index (χ4v) is 2.35. The highest BCUT2D eigenvalue weighted by Gasteiger charge is 2.38. The van der Waals surface area contributed by atoms with Gasteiger partial charge in [0.05, 0.1) is 12.4 Å². The zero-order valence-corrected chi connectivity index (χ0v) is 12.0. The molecule has 0 aromatic carbocycles. The van der Waals surface area contributed by atoms with Gasteiger partial charge in [-0.2, -0.15) is 18.2 Å². The number of aromatic hydroxyl groups is 1. The smallest absolute Gasteiger partial charge is 0.455 e. The number of anilines is 2. The number of piperazine rings is 1. The molecule has 0 bridgehead atoms. The van der Waals surface area contributed by atoms with Gasteiger partial charge in [-0.05, 0) is 12.1 Å². The molecule has 0 spiro atoms. The maximum atomic E-state index is 12.5. The standard InChI is InChI=1S/C12H13F3N6O2/c1-7-6-20(11-18-9(19-23-11)12(13,14)15)2-3-21(7)10-16-4-8(22)5-17-10/h4-5,7,22H,2-3,6H2,1H3. The number of hydrogen-bond donors (Lipinski definition) is 1. The Morgan fingerprint density at radius 2 is 1.96 bits per heavy atom. The number of halogens is 3. The van der Waals surface area contributed by atoms with Crippen LogP contribution in [0.5, 0.6) is 5.75 Å². The van der Waals surface area contributed by atoms with Crippen molar-refractivity contribution in [3.8, 4) is 5.75 Å². The third-order valence-corrected chi connectivity index (χ3v) is 3.45. The van der Waals surface area contributed by atoms with E-state index in [9.17, 15) is 18.3 Å². The molecular formula is C12H13F3N6O2. The summed E-state index contributed by atoms with van der Waals surface area (Å²) in [5.74, 6) is -0.883. The lowest BCUT2D eigenvalue weighted by atomic mass is 10.2. The van der Waals surface area contributed by atoms with Gasteiger partial charge >= 0.3 is 12.2 Å². The first-order valence-electron chi connectivity index (χ1n) is 6.78. The van der Waals surface area contributed by atoms with Crippen LogP contribution in [0.15, 0.2) is 16.9 Å². The van der Waals surface area contributed by atoms with Crippen molar-refractivity contribution in [2.75, 3.05) is 29.4 Å². The average Bonchev–Trinajstić information content (AvgIpc) is 2.98. The first kappa shape index (κ1) is 15.3. The summed E-state index contributed by atoms with van der Waals surface area (Å²) in [5, 5.41) is 12.2. The minimum atomic E-state index is -4.63. The number of aromatic nitrogens is 4. The first-order valence-corrected chi connectivity index (χ1v) is 6.78. The van der Waals surface area contributed by atoms with E-state index in [1.54, 1.807) is 4.90 Å². The largest absolute Gasteiger partial charge is 0.505 e. The van der Waals surface area contributed by atoms with Crippen LogP contribution < -0.4 is 9.80 Å². The predicted molar refractivity (Wildman–Crippen MR) is 72.0 cm³/mol. The van der Waals surface area contributed by atoms with E-state index in [2.05, 4.69) is 20.1 Å². The van der Waals surface area contributed by atoms with Crippen LogP contribution in [0, 0.1) is 0 Å². The molecule has 3 heterocycles. The van der Waals surface area contributed by atoms with Crippen LogP contribution in [-0.4, -0.2) is 50.9 Å². The van der Waals surface area contributed by atoms with Gasteiger partial charge in [-0.3, -0.25) is 0 Å². The highest BCUT2D eigenvalue weighted by Crippen LogP contribution is 2.29. The molecule has 11 heteroatoms. The average molecular weight is 330 g/mol. The van der Waals surface area contributed by atoms with E-state index in [0.29, 0.717) is 25.6 Å². The van der Waals surface area contributed by atoms with Crippen LogP contribution >= 0.6 is 0 Å². The van der Waals surface area contributed by atoms with E-state index in [1.165, 1.54) is 12.4 Å². The Kier molecular flexibility index (Phi) is 3.70. The van der Waals surface area contributed by atoms with Gasteiger partial charge in [0.1, 0.15) is 0 Å². The van der Waals surface area contributed by atoms with Crippen molar-refractivity contribution in [2.45, 2.75) is 19.1 Å². The molecule has 23 heavy (non-hydrogen) atoms. The summed E-state index contributed by atoms with van der Waals surface area (Å²) in [6.07, 6.45) is -2.06. The maximum absolute atomic E-state index is 12.5. The second-order valence-electron chi connectivity index (χ2n) is 5.13. The molecule has 1 atom stereocenters. The molecule has 1 fully saturated rings. The quantitative estimate of drug-likeness (QED) is 0.881. The van der Waals surface area contributed by atoms with Crippen molar-refractivity contribution >= 4 is 12.0 Å². The van der Waals surface area contributed by atoms with Crippen LogP contribution in [0.3, 0.4) is 0 Å². The minimum absolute atomic E-state index is 0.0365. The first-order chi connectivity index (χ1) is 10.8. The molecule has 2 aromatic heterocycles. The van der Waals surface area contributed by atoms with Crippen molar-refractivity contribution in [2.24, 2.45) is 0 Å². The Bertz CT molecular complexity index is 674. The SMILES string of the molecule is CC1CN(c2nc(C(F)(F)F)no2)CCN1c1ncc(O)cn1. The zero-order valence-electron chi connectivity index (χ0n) is 12.0. The van der Waals surface area contributed by atoms with E-state index >= 15 is 0 Å². The Morgan fingerprint density at radius 1 is 1.26 bits per heavy atom. The van der Waals surface area contributed by atoms with Crippen molar-refractivity contribution in [1.29, 1.82) is 0 Å². The zero-order chi connectivity index (χ0) is 16.6. The molecule has 0 aliphatic carbocycles. The topological polar surface area (TPSA) is 91.4 Å². The Morgan fingerprint density at radius 3 is 2.52 bits per heavy atom. The number of rotatable bonds is 2. The molecule has 3 rings (SSSR count). The van der Waals surface area contributed by atoms with Crippen LogP contribution in [0.4, 0.5) is 25.1 Å². The molecule has 124 valence electrons. The summed E-state index contributed by atoms with van der Waals surface area (Å²) in [4.78, 5) is 14.9. The van der Waals surface area contributed by atoms with Gasteiger partial charge in [0.15, 0.2) is 5.75 Å². The highest BCUT2D eigenvalue weighted by atomic mass is 19.4. The van der Waals surface area contributed by atoms with Gasteiger partial charge in [-0.25, -0.2) is 9.97 Å². The van der Waals surface area contributed by atoms with E-state index in [4.69, 9.17) is 4.52 Å². The third-order valence-electron chi connectivity index (χ3n) is 3.45. The molecule has 1 aliphatic heterocycles. The molecule has 0 amide bonds. The van der Waals surface area contributed by atoms with Gasteiger partial charge in [-0.15, -0.1) is 0 Å². The molecule has 1 N–H and O–H groups in total. The second-order valence-corrected chi connectivity index (χ2v) is 5.13. The normalized spacial score (nSPS) is 19.2. The third kappa shape index (κ3) is 3.12. The minimum Gasteiger partial charge on any atom is -0.505 e. The fourth-order valence-electron chi connectivity index (χ4n) is 2.35. The summed E-state index contributed by atoms with van der Waals surface area (Å²) in [7, 11) is 0. The lowest BCUT2D eigenvalue weighted by molar-refractivity contribution is -0.146. The van der Waals surface area contributed by atoms with E-state index in [0.717, 1.165) is 0 Å². The summed E-state index contributed by atoms with van der Waals surface area (Å²) in [5.41, 5.74) is 0. The molecule has 0 saturated carbocycles. The Balaban J connectivity index is 1.71. The van der Waals surface area contributed by atoms with Gasteiger partial charge in [0, 0.05) is 25.7 Å². The lowest BCUT2D eigenvalue weighted by Crippen LogP contribution is -2.52. The molecule has 0 radical (unpaired) electrons. The predicted octanol–water partition coefficient (Wildman–Crippen LogP) is 1.30. The second kappa shape index (κ2) is 5.56. The maximum Gasteiger partial charge on any atom is 0.455 e. The van der Waals surface area contributed by atoms with Crippen molar-refractivity contribution < 1.29 is 22.8 Å². The van der Waals surface area contributed by atoms with E-state index in [1.807, 2.05) is 11.8 Å². The molecule has 1 unspecified atom stereocenters. The fraction of sp³-hybridized carbons (Fsp3) is 0.500. The molecule has 8 nitrogen and oxygen atoms in total. The van der Waals surface area contributed by atoms with Gasteiger partial charge in [0.25, 0.3) is 5.82 Å². The molecule has 2 aromatic rings. The van der Waals surface area contributed by atoms with Gasteiger partial charge in [-0.1, -0.05) is 0 Å². The van der Waals surface area contributed by atoms with Crippen LogP contribution in [-0.2, 0) is 6.18 Å². The van der Waals surface area contributed by atoms with Gasteiger partial charge < -0.3 is 19.4 Å². The molecular weight excluding hydrogens is 317 g/mol. The van der Waals surface area contributed by atoms with E-state index in [-0.39, 0.29) is 17.8 Å². The monoisotopic (exact) mass is 330 g/mol. The number of alkyl halides is 3. The highest BCUT2D eigenvalue weighted by molar-refractivity contribution is 5.38. The van der Waals surface area contributed by atoms with Crippen molar-refractivity contribution in [3.63, 3.8) is 0 Å². The van der Waals surface area contributed by atoms with Crippen LogP contribution in [0.1, 0.15) is 12.7 Å². The van der Waals surface area contributed by atoms with Crippen molar-refractivity contribution in [1.82, 2.24) is 20.1 Å². The van der Waals surface area contributed by atoms with Crippen LogP contribution in [0.2, 0.25) is 0 Å². The number of hydrogen-bond acceptors (Lipinski definition) is 8. The van der Waals surface area contributed by atoms with E-state index < -0.39 is 12.0 Å². The molecule has 1 saturated heterocycles. The Hall–Kier alpha value is -2.59. The summed E-state index contributed by atoms with van der Waals surface area (Å²) < 4.78 is 42.2. The van der Waals surface area contributed by atoms with Crippen LogP contribution in [0.25, 0.3) is 0 Å². The summed E-state index contributed by atoms with van der Waals surface area (Å²) >= 11 is 0. The summed E-state index contributed by atoms with van der Waals surface area (Å²) in [6, 6.07) is -0.245. The summed E-state index contributed by atoms with van der Waals surface area (Å²) in [6.45, 7) is 3.11. The Labute approximate surface area is 128 Å². The number of nitrogens with zero attached hydrogens (tertiary/aromatic N) is 6. The van der Waals surface area contributed by atoms with Gasteiger partial charge in [0.2, 0.25) is 5.95 Å².